The second kappa shape index (κ2) is 8.94. The lowest BCUT2D eigenvalue weighted by Gasteiger charge is -2.46. The van der Waals surface area contributed by atoms with E-state index in [1.165, 1.54) is 38.1 Å². The molecule has 5 nitrogen and oxygen atoms in total. The van der Waals surface area contributed by atoms with Gasteiger partial charge in [-0.1, -0.05) is 6.08 Å². The quantitative estimate of drug-likeness (QED) is 0.643. The van der Waals surface area contributed by atoms with Gasteiger partial charge in [0.15, 0.2) is 5.78 Å². The van der Waals surface area contributed by atoms with Gasteiger partial charge in [-0.05, 0) is 55.7 Å². The second-order valence-electron chi connectivity index (χ2n) is 8.67. The van der Waals surface area contributed by atoms with Gasteiger partial charge in [-0.2, -0.15) is 13.2 Å². The van der Waals surface area contributed by atoms with Gasteiger partial charge in [-0.25, -0.2) is 9.97 Å². The van der Waals surface area contributed by atoms with Crippen LogP contribution in [-0.2, 0) is 11.0 Å². The van der Waals surface area contributed by atoms with Crippen molar-refractivity contribution in [1.82, 2.24) is 14.9 Å². The fraction of sp³-hybridized carbons (Fsp3) is 0.522. The molecule has 0 unspecified atom stereocenters. The fourth-order valence-corrected chi connectivity index (χ4v) is 4.69. The molecule has 1 aliphatic heterocycles. The topological polar surface area (TPSA) is 58.1 Å². The molecule has 166 valence electrons. The number of rotatable bonds is 7. The number of benzene rings is 1. The number of aromatic nitrogens is 2. The van der Waals surface area contributed by atoms with Crippen LogP contribution in [0, 0.1) is 11.8 Å². The van der Waals surface area contributed by atoms with Gasteiger partial charge in [0.2, 0.25) is 0 Å². The number of fused-ring (bicyclic) bond motifs is 1. The van der Waals surface area contributed by atoms with Gasteiger partial charge in [0.1, 0.15) is 12.1 Å². The summed E-state index contributed by atoms with van der Waals surface area (Å²) in [5.41, 5.74) is -0.361. The van der Waals surface area contributed by atoms with Crippen LogP contribution in [0.25, 0.3) is 10.9 Å². The Labute approximate surface area is 179 Å². The largest absolute Gasteiger partial charge is 0.416 e. The van der Waals surface area contributed by atoms with Gasteiger partial charge in [0.05, 0.1) is 17.6 Å². The number of hydrogen-bond acceptors (Lipinski definition) is 5. The zero-order valence-corrected chi connectivity index (χ0v) is 17.4. The predicted octanol–water partition coefficient (Wildman–Crippen LogP) is 4.70. The summed E-state index contributed by atoms with van der Waals surface area (Å²) >= 11 is 0. The van der Waals surface area contributed by atoms with E-state index in [1.807, 2.05) is 0 Å². The lowest BCUT2D eigenvalue weighted by atomic mass is 9.82. The SMILES string of the molecule is C=CC1CCC(N2CC(CC(=O)CNc3ncnc4ccc(C(F)(F)F)cc34)C2)CC1. The molecule has 0 spiro atoms. The molecule has 2 fully saturated rings. The van der Waals surface area contributed by atoms with E-state index in [-0.39, 0.29) is 23.5 Å². The normalized spacial score (nSPS) is 22.8. The maximum absolute atomic E-state index is 13.0. The number of likely N-dealkylation sites (tertiary alicyclic amines) is 1. The number of allylic oxidation sites excluding steroid dienone is 1. The standard InChI is InChI=1S/C23H27F3N4O/c1-2-15-3-6-18(7-4-15)30-12-16(13-30)9-19(31)11-27-22-20-10-17(23(24,25)26)5-8-21(20)28-14-29-22/h2,5,8,10,14-16,18H,1,3-4,6-7,9,11-13H2,(H,27,28,29). The summed E-state index contributed by atoms with van der Waals surface area (Å²) in [5, 5.41) is 3.17. The number of halogens is 3. The summed E-state index contributed by atoms with van der Waals surface area (Å²) < 4.78 is 39.1. The molecule has 1 aromatic heterocycles. The van der Waals surface area contributed by atoms with Gasteiger partial charge in [-0.15, -0.1) is 6.58 Å². The summed E-state index contributed by atoms with van der Waals surface area (Å²) in [7, 11) is 0. The zero-order chi connectivity index (χ0) is 22.0. The van der Waals surface area contributed by atoms with Gasteiger partial charge < -0.3 is 5.32 Å². The van der Waals surface area contributed by atoms with Gasteiger partial charge in [0, 0.05) is 30.9 Å². The summed E-state index contributed by atoms with van der Waals surface area (Å²) in [4.78, 5) is 23.0. The summed E-state index contributed by atoms with van der Waals surface area (Å²) in [6.45, 7) is 5.82. The number of alkyl halides is 3. The van der Waals surface area contributed by atoms with Crippen LogP contribution in [0.2, 0.25) is 0 Å². The first kappa shape index (κ1) is 21.7. The van der Waals surface area contributed by atoms with Crippen molar-refractivity contribution in [1.29, 1.82) is 0 Å². The molecule has 1 saturated heterocycles. The Kier molecular flexibility index (Phi) is 6.27. The molecule has 2 heterocycles. The number of hydrogen-bond donors (Lipinski definition) is 1. The molecule has 4 rings (SSSR count). The minimum absolute atomic E-state index is 0.0405. The predicted molar refractivity (Wildman–Crippen MR) is 114 cm³/mol. The average Bonchev–Trinajstić information content (AvgIpc) is 2.73. The van der Waals surface area contributed by atoms with E-state index < -0.39 is 11.7 Å². The Balaban J connectivity index is 1.28. The number of nitrogens with one attached hydrogen (secondary N) is 1. The molecule has 1 N–H and O–H groups in total. The van der Waals surface area contributed by atoms with E-state index in [0.717, 1.165) is 25.2 Å². The zero-order valence-electron chi connectivity index (χ0n) is 17.4. The third-order valence-corrected chi connectivity index (χ3v) is 6.51. The number of carbonyl (C=O) groups excluding carboxylic acids is 1. The minimum Gasteiger partial charge on any atom is -0.362 e. The molecule has 1 aliphatic carbocycles. The number of carbonyl (C=O) groups is 1. The van der Waals surface area contributed by atoms with Crippen LogP contribution < -0.4 is 5.32 Å². The van der Waals surface area contributed by atoms with Crippen molar-refractivity contribution in [2.75, 3.05) is 25.0 Å². The molecule has 8 heteroatoms. The molecule has 1 aromatic carbocycles. The molecular weight excluding hydrogens is 405 g/mol. The Hall–Kier alpha value is -2.48. The Morgan fingerprint density at radius 1 is 1.19 bits per heavy atom. The molecule has 1 saturated carbocycles. The van der Waals surface area contributed by atoms with Crippen molar-refractivity contribution < 1.29 is 18.0 Å². The van der Waals surface area contributed by atoms with E-state index in [0.29, 0.717) is 29.8 Å². The molecule has 0 amide bonds. The first-order chi connectivity index (χ1) is 14.8. The highest BCUT2D eigenvalue weighted by molar-refractivity contribution is 5.91. The van der Waals surface area contributed by atoms with Crippen molar-refractivity contribution >= 4 is 22.5 Å². The van der Waals surface area contributed by atoms with E-state index in [2.05, 4.69) is 32.8 Å². The smallest absolute Gasteiger partial charge is 0.362 e. The monoisotopic (exact) mass is 432 g/mol. The van der Waals surface area contributed by atoms with Crippen LogP contribution >= 0.6 is 0 Å². The molecule has 0 radical (unpaired) electrons. The van der Waals surface area contributed by atoms with Gasteiger partial charge in [-0.3, -0.25) is 9.69 Å². The van der Waals surface area contributed by atoms with E-state index in [1.54, 1.807) is 0 Å². The van der Waals surface area contributed by atoms with Crippen LogP contribution in [0.5, 0.6) is 0 Å². The van der Waals surface area contributed by atoms with E-state index >= 15 is 0 Å². The molecule has 31 heavy (non-hydrogen) atoms. The van der Waals surface area contributed by atoms with Crippen LogP contribution in [-0.4, -0.2) is 46.3 Å². The van der Waals surface area contributed by atoms with Gasteiger partial charge in [0.25, 0.3) is 0 Å². The van der Waals surface area contributed by atoms with Crippen LogP contribution in [0.4, 0.5) is 19.0 Å². The van der Waals surface area contributed by atoms with Gasteiger partial charge >= 0.3 is 6.18 Å². The summed E-state index contributed by atoms with van der Waals surface area (Å²) in [6.07, 6.45) is 4.15. The highest BCUT2D eigenvalue weighted by Gasteiger charge is 2.35. The first-order valence-corrected chi connectivity index (χ1v) is 10.8. The van der Waals surface area contributed by atoms with Crippen LogP contribution in [0.15, 0.2) is 37.2 Å². The fourth-order valence-electron chi connectivity index (χ4n) is 4.69. The van der Waals surface area contributed by atoms with Crippen molar-refractivity contribution in [2.45, 2.75) is 44.3 Å². The van der Waals surface area contributed by atoms with Crippen molar-refractivity contribution in [3.05, 3.63) is 42.7 Å². The third-order valence-electron chi connectivity index (χ3n) is 6.51. The molecular formula is C23H27F3N4O. The molecule has 2 aromatic rings. The van der Waals surface area contributed by atoms with Crippen molar-refractivity contribution in [2.24, 2.45) is 11.8 Å². The molecule has 0 bridgehead atoms. The summed E-state index contributed by atoms with van der Waals surface area (Å²) in [5.74, 6) is 1.29. The average molecular weight is 432 g/mol. The first-order valence-electron chi connectivity index (χ1n) is 10.8. The summed E-state index contributed by atoms with van der Waals surface area (Å²) in [6, 6.07) is 3.96. The number of Topliss-reactive ketones (excluding diaryl/α,β-unsaturated/α-hetero) is 1. The van der Waals surface area contributed by atoms with Crippen molar-refractivity contribution in [3.8, 4) is 0 Å². The molecule has 2 aliphatic rings. The molecule has 0 atom stereocenters. The third kappa shape index (κ3) is 5.06. The Bertz CT molecular complexity index is 947. The Morgan fingerprint density at radius 3 is 2.61 bits per heavy atom. The lowest BCUT2D eigenvalue weighted by molar-refractivity contribution is -0.137. The second-order valence-corrected chi connectivity index (χ2v) is 8.67. The van der Waals surface area contributed by atoms with Crippen LogP contribution in [0.1, 0.15) is 37.7 Å². The highest BCUT2D eigenvalue weighted by atomic mass is 19.4. The minimum atomic E-state index is -4.45. The number of anilines is 1. The van der Waals surface area contributed by atoms with E-state index in [9.17, 15) is 18.0 Å². The maximum atomic E-state index is 13.0. The highest BCUT2D eigenvalue weighted by Crippen LogP contribution is 2.34. The number of nitrogens with zero attached hydrogens (tertiary/aromatic N) is 3. The van der Waals surface area contributed by atoms with E-state index in [4.69, 9.17) is 0 Å². The van der Waals surface area contributed by atoms with Crippen molar-refractivity contribution in [3.63, 3.8) is 0 Å². The van der Waals surface area contributed by atoms with Crippen LogP contribution in [0.3, 0.4) is 0 Å². The lowest BCUT2D eigenvalue weighted by Crippen LogP contribution is -2.53. The number of ketones is 1. The Morgan fingerprint density at radius 2 is 1.94 bits per heavy atom. The maximum Gasteiger partial charge on any atom is 0.416 e.